The van der Waals surface area contributed by atoms with Gasteiger partial charge in [-0.25, -0.2) is 0 Å². The third kappa shape index (κ3) is 5.51. The highest BCUT2D eigenvalue weighted by Gasteiger charge is 2.14. The van der Waals surface area contributed by atoms with Gasteiger partial charge in [-0.2, -0.15) is 0 Å². The summed E-state index contributed by atoms with van der Waals surface area (Å²) in [5, 5.41) is 0. The summed E-state index contributed by atoms with van der Waals surface area (Å²) in [6.45, 7) is 5.71. The number of hydrogen-bond acceptors (Lipinski definition) is 1. The number of rotatable bonds is 10. The minimum Gasteiger partial charge on any atom is -0.348 e. The average Bonchev–Trinajstić information content (AvgIpc) is 2.53. The zero-order valence-electron chi connectivity index (χ0n) is 14.6. The van der Waals surface area contributed by atoms with Crippen LogP contribution in [0.15, 0.2) is 36.0 Å². The molecule has 0 saturated heterocycles. The number of unbranched alkanes of at least 4 members (excludes halogenated alkanes) is 8. The second-order valence-electron chi connectivity index (χ2n) is 6.80. The summed E-state index contributed by atoms with van der Waals surface area (Å²) in [5.74, 6) is 0. The Morgan fingerprint density at radius 1 is 0.864 bits per heavy atom. The van der Waals surface area contributed by atoms with Gasteiger partial charge in [0, 0.05) is 18.4 Å². The van der Waals surface area contributed by atoms with Crippen molar-refractivity contribution in [2.75, 3.05) is 11.4 Å². The van der Waals surface area contributed by atoms with Crippen molar-refractivity contribution in [3.63, 3.8) is 0 Å². The molecule has 0 saturated carbocycles. The average molecular weight is 300 g/mol. The van der Waals surface area contributed by atoms with Gasteiger partial charge in [-0.3, -0.25) is 0 Å². The number of nitrogens with zero attached hydrogens (tertiary/aromatic N) is 1. The molecular formula is C21H33N. The van der Waals surface area contributed by atoms with Crippen molar-refractivity contribution in [2.45, 2.75) is 78.1 Å². The quantitative estimate of drug-likeness (QED) is 0.447. The van der Waals surface area contributed by atoms with Crippen molar-refractivity contribution in [1.82, 2.24) is 0 Å². The van der Waals surface area contributed by atoms with Gasteiger partial charge in [-0.15, -0.1) is 0 Å². The summed E-state index contributed by atoms with van der Waals surface area (Å²) in [4.78, 5) is 2.47. The van der Waals surface area contributed by atoms with E-state index < -0.39 is 0 Å². The normalized spacial score (nSPS) is 13.9. The molecule has 0 aliphatic carbocycles. The Morgan fingerprint density at radius 3 is 2.23 bits per heavy atom. The number of hydrogen-bond donors (Lipinski definition) is 0. The van der Waals surface area contributed by atoms with Crippen molar-refractivity contribution in [2.24, 2.45) is 0 Å². The van der Waals surface area contributed by atoms with E-state index in [1.165, 1.54) is 81.2 Å². The molecule has 1 aliphatic heterocycles. The summed E-state index contributed by atoms with van der Waals surface area (Å²) in [6.07, 6.45) is 16.1. The maximum atomic E-state index is 2.47. The Bertz CT molecular complexity index is 461. The van der Waals surface area contributed by atoms with Crippen molar-refractivity contribution in [3.8, 4) is 0 Å². The zero-order valence-corrected chi connectivity index (χ0v) is 14.6. The summed E-state index contributed by atoms with van der Waals surface area (Å²) in [6, 6.07) is 8.87. The SMILES string of the molecule is CCCCCCCCCCCN1C=C(C)Cc2ccccc21. The van der Waals surface area contributed by atoms with Gasteiger partial charge in [0.05, 0.1) is 0 Å². The lowest BCUT2D eigenvalue weighted by Gasteiger charge is -2.28. The van der Waals surface area contributed by atoms with E-state index in [4.69, 9.17) is 0 Å². The number of anilines is 1. The van der Waals surface area contributed by atoms with Crippen molar-refractivity contribution in [3.05, 3.63) is 41.6 Å². The highest BCUT2D eigenvalue weighted by atomic mass is 15.1. The second-order valence-corrected chi connectivity index (χ2v) is 6.80. The van der Waals surface area contributed by atoms with Gasteiger partial charge in [0.15, 0.2) is 0 Å². The predicted molar refractivity (Wildman–Crippen MR) is 98.5 cm³/mol. The second kappa shape index (κ2) is 9.71. The monoisotopic (exact) mass is 299 g/mol. The Hall–Kier alpha value is -1.24. The van der Waals surface area contributed by atoms with Gasteiger partial charge in [0.2, 0.25) is 0 Å². The number of benzene rings is 1. The lowest BCUT2D eigenvalue weighted by molar-refractivity contribution is 0.565. The fourth-order valence-electron chi connectivity index (χ4n) is 3.40. The summed E-state index contributed by atoms with van der Waals surface area (Å²) in [5.41, 5.74) is 4.39. The van der Waals surface area contributed by atoms with E-state index in [9.17, 15) is 0 Å². The van der Waals surface area contributed by atoms with Crippen LogP contribution < -0.4 is 4.90 Å². The molecule has 22 heavy (non-hydrogen) atoms. The molecule has 0 radical (unpaired) electrons. The third-order valence-electron chi connectivity index (χ3n) is 4.65. The number of fused-ring (bicyclic) bond motifs is 1. The molecule has 1 nitrogen and oxygen atoms in total. The van der Waals surface area contributed by atoms with Crippen LogP contribution in [0.4, 0.5) is 5.69 Å². The van der Waals surface area contributed by atoms with E-state index in [0.717, 1.165) is 6.42 Å². The van der Waals surface area contributed by atoms with Crippen molar-refractivity contribution in [1.29, 1.82) is 0 Å². The maximum Gasteiger partial charge on any atom is 0.0441 e. The molecule has 1 aliphatic rings. The van der Waals surface area contributed by atoms with Gasteiger partial charge < -0.3 is 4.90 Å². The molecule has 1 heterocycles. The van der Waals surface area contributed by atoms with Crippen LogP contribution in [0.1, 0.15) is 77.2 Å². The maximum absolute atomic E-state index is 2.47. The summed E-state index contributed by atoms with van der Waals surface area (Å²) < 4.78 is 0. The van der Waals surface area contributed by atoms with E-state index >= 15 is 0 Å². The van der Waals surface area contributed by atoms with E-state index in [-0.39, 0.29) is 0 Å². The first kappa shape index (κ1) is 17.1. The lowest BCUT2D eigenvalue weighted by Crippen LogP contribution is -2.22. The first-order valence-corrected chi connectivity index (χ1v) is 9.33. The molecule has 0 amide bonds. The highest BCUT2D eigenvalue weighted by Crippen LogP contribution is 2.28. The highest BCUT2D eigenvalue weighted by molar-refractivity contribution is 5.59. The lowest BCUT2D eigenvalue weighted by atomic mass is 10.0. The predicted octanol–water partition coefficient (Wildman–Crippen LogP) is 6.48. The molecule has 0 bridgehead atoms. The zero-order chi connectivity index (χ0) is 15.6. The Balaban J connectivity index is 1.63. The first-order valence-electron chi connectivity index (χ1n) is 9.33. The molecule has 0 N–H and O–H groups in total. The van der Waals surface area contributed by atoms with Crippen LogP contribution in [-0.4, -0.2) is 6.54 Å². The largest absolute Gasteiger partial charge is 0.348 e. The van der Waals surface area contributed by atoms with Gasteiger partial charge >= 0.3 is 0 Å². The summed E-state index contributed by atoms with van der Waals surface area (Å²) >= 11 is 0. The van der Waals surface area contributed by atoms with Crippen LogP contribution in [-0.2, 0) is 6.42 Å². The molecule has 0 aromatic heterocycles. The van der Waals surface area contributed by atoms with Gasteiger partial charge in [0.25, 0.3) is 0 Å². The Morgan fingerprint density at radius 2 is 1.50 bits per heavy atom. The van der Waals surface area contributed by atoms with Crippen LogP contribution >= 0.6 is 0 Å². The molecule has 1 aromatic carbocycles. The molecule has 0 unspecified atom stereocenters. The standard InChI is InChI=1S/C21H33N/c1-3-4-5-6-7-8-9-10-13-16-22-18-19(2)17-20-14-11-12-15-21(20)22/h11-12,14-15,18H,3-10,13,16-17H2,1-2H3. The summed E-state index contributed by atoms with van der Waals surface area (Å²) in [7, 11) is 0. The van der Waals surface area contributed by atoms with Gasteiger partial charge in [-0.1, -0.05) is 82.1 Å². The first-order chi connectivity index (χ1) is 10.8. The van der Waals surface area contributed by atoms with Crippen LogP contribution in [0.25, 0.3) is 0 Å². The minimum atomic E-state index is 1.12. The van der Waals surface area contributed by atoms with E-state index in [1.807, 2.05) is 0 Å². The topological polar surface area (TPSA) is 3.24 Å². The Labute approximate surface area is 137 Å². The molecular weight excluding hydrogens is 266 g/mol. The van der Waals surface area contributed by atoms with Crippen LogP contribution in [0.5, 0.6) is 0 Å². The van der Waals surface area contributed by atoms with Crippen LogP contribution in [0.3, 0.4) is 0 Å². The smallest absolute Gasteiger partial charge is 0.0441 e. The molecule has 0 spiro atoms. The number of allylic oxidation sites excluding steroid dienone is 1. The van der Waals surface area contributed by atoms with E-state index in [0.29, 0.717) is 0 Å². The van der Waals surface area contributed by atoms with Crippen LogP contribution in [0, 0.1) is 0 Å². The molecule has 2 rings (SSSR count). The molecule has 1 heteroatoms. The van der Waals surface area contributed by atoms with Gasteiger partial charge in [0.1, 0.15) is 0 Å². The van der Waals surface area contributed by atoms with E-state index in [1.54, 1.807) is 0 Å². The fourth-order valence-corrected chi connectivity index (χ4v) is 3.40. The van der Waals surface area contributed by atoms with Crippen LogP contribution in [0.2, 0.25) is 0 Å². The van der Waals surface area contributed by atoms with Crippen molar-refractivity contribution >= 4 is 5.69 Å². The molecule has 122 valence electrons. The van der Waals surface area contributed by atoms with E-state index in [2.05, 4.69) is 49.2 Å². The minimum absolute atomic E-state index is 1.12. The van der Waals surface area contributed by atoms with Crippen molar-refractivity contribution < 1.29 is 0 Å². The molecule has 1 aromatic rings. The third-order valence-corrected chi connectivity index (χ3v) is 4.65. The fraction of sp³-hybridized carbons (Fsp3) is 0.619. The Kier molecular flexibility index (Phi) is 7.56. The molecule has 0 fully saturated rings. The number of para-hydroxylation sites is 1. The van der Waals surface area contributed by atoms with Gasteiger partial charge in [-0.05, 0) is 31.4 Å². The molecule has 0 atom stereocenters.